The lowest BCUT2D eigenvalue weighted by atomic mass is 10.3. The Bertz CT molecular complexity index is 470. The quantitative estimate of drug-likeness (QED) is 0.793. The summed E-state index contributed by atoms with van der Waals surface area (Å²) in [6, 6.07) is 0. The van der Waals surface area contributed by atoms with E-state index in [4.69, 9.17) is 4.52 Å². The molecule has 0 unspecified atom stereocenters. The minimum atomic E-state index is 0.609. The van der Waals surface area contributed by atoms with Crippen LogP contribution in [0.15, 0.2) is 17.2 Å². The molecule has 2 aromatic heterocycles. The molecule has 0 saturated heterocycles. The Balaban J connectivity index is 1.95. The van der Waals surface area contributed by atoms with E-state index in [1.807, 2.05) is 14.0 Å². The van der Waals surface area contributed by atoms with Gasteiger partial charge in [-0.3, -0.25) is 0 Å². The van der Waals surface area contributed by atoms with E-state index >= 15 is 0 Å². The molecule has 0 saturated carbocycles. The van der Waals surface area contributed by atoms with Gasteiger partial charge in [-0.05, 0) is 6.92 Å². The first-order valence-electron chi connectivity index (χ1n) is 5.30. The molecule has 2 N–H and O–H groups in total. The molecular formula is C10H14N6O. The Labute approximate surface area is 98.7 Å². The summed E-state index contributed by atoms with van der Waals surface area (Å²) in [4.78, 5) is 12.2. The molecule has 7 nitrogen and oxygen atoms in total. The summed E-state index contributed by atoms with van der Waals surface area (Å²) in [5, 5.41) is 9.76. The van der Waals surface area contributed by atoms with Crippen LogP contribution in [0.5, 0.6) is 0 Å². The van der Waals surface area contributed by atoms with E-state index in [9.17, 15) is 0 Å². The van der Waals surface area contributed by atoms with E-state index in [1.54, 1.807) is 0 Å². The van der Waals surface area contributed by atoms with Crippen molar-refractivity contribution in [2.75, 3.05) is 24.2 Å². The fourth-order valence-corrected chi connectivity index (χ4v) is 1.47. The van der Waals surface area contributed by atoms with Crippen LogP contribution < -0.4 is 10.6 Å². The van der Waals surface area contributed by atoms with Crippen LogP contribution in [-0.4, -0.2) is 33.7 Å². The lowest BCUT2D eigenvalue weighted by Gasteiger charge is -2.09. The lowest BCUT2D eigenvalue weighted by Crippen LogP contribution is -2.09. The minimum absolute atomic E-state index is 0.609. The van der Waals surface area contributed by atoms with Crippen molar-refractivity contribution < 1.29 is 4.52 Å². The van der Waals surface area contributed by atoms with Gasteiger partial charge in [0.25, 0.3) is 0 Å². The zero-order valence-corrected chi connectivity index (χ0v) is 9.77. The molecule has 0 aliphatic rings. The molecule has 0 amide bonds. The number of aromatic nitrogens is 4. The van der Waals surface area contributed by atoms with Gasteiger partial charge in [-0.1, -0.05) is 5.16 Å². The van der Waals surface area contributed by atoms with Gasteiger partial charge < -0.3 is 15.2 Å². The Hall–Kier alpha value is -2.18. The molecule has 7 heteroatoms. The second-order valence-electron chi connectivity index (χ2n) is 3.46. The van der Waals surface area contributed by atoms with Gasteiger partial charge in [0.1, 0.15) is 18.0 Å². The molecule has 0 spiro atoms. The standard InChI is InChI=1S/C10H14N6O/c1-7-9(11-2)14-5-15-10(7)12-4-3-8-13-6-16-17-8/h5-6H,3-4H2,1-2H3,(H2,11,12,14,15). The van der Waals surface area contributed by atoms with Gasteiger partial charge in [0.05, 0.1) is 0 Å². The zero-order chi connectivity index (χ0) is 12.1. The van der Waals surface area contributed by atoms with Gasteiger partial charge in [-0.25, -0.2) is 9.97 Å². The van der Waals surface area contributed by atoms with Gasteiger partial charge >= 0.3 is 0 Å². The van der Waals surface area contributed by atoms with Crippen molar-refractivity contribution in [3.63, 3.8) is 0 Å². The highest BCUT2D eigenvalue weighted by Gasteiger charge is 2.05. The number of nitrogens with zero attached hydrogens (tertiary/aromatic N) is 4. The van der Waals surface area contributed by atoms with Crippen molar-refractivity contribution in [2.45, 2.75) is 13.3 Å². The number of hydrogen-bond acceptors (Lipinski definition) is 7. The molecule has 2 aromatic rings. The third kappa shape index (κ3) is 2.68. The summed E-state index contributed by atoms with van der Waals surface area (Å²) in [5.41, 5.74) is 0.987. The molecule has 0 aliphatic heterocycles. The Morgan fingerprint density at radius 1 is 1.18 bits per heavy atom. The van der Waals surface area contributed by atoms with Crippen LogP contribution in [0.25, 0.3) is 0 Å². The van der Waals surface area contributed by atoms with E-state index in [0.717, 1.165) is 17.2 Å². The summed E-state index contributed by atoms with van der Waals surface area (Å²) in [7, 11) is 1.83. The third-order valence-corrected chi connectivity index (χ3v) is 2.36. The Kier molecular flexibility index (Phi) is 3.49. The van der Waals surface area contributed by atoms with Crippen molar-refractivity contribution in [2.24, 2.45) is 0 Å². The van der Waals surface area contributed by atoms with Crippen LogP contribution in [0.4, 0.5) is 11.6 Å². The molecule has 0 radical (unpaired) electrons. The Morgan fingerprint density at radius 2 is 2.00 bits per heavy atom. The fraction of sp³-hybridized carbons (Fsp3) is 0.400. The van der Waals surface area contributed by atoms with Gasteiger partial charge in [0, 0.05) is 25.6 Å². The molecule has 2 rings (SSSR count). The van der Waals surface area contributed by atoms with Gasteiger partial charge in [-0.15, -0.1) is 0 Å². The predicted octanol–water partition coefficient (Wildman–Crippen LogP) is 0.864. The van der Waals surface area contributed by atoms with Crippen LogP contribution >= 0.6 is 0 Å². The minimum Gasteiger partial charge on any atom is -0.373 e. The van der Waals surface area contributed by atoms with Gasteiger partial charge in [0.2, 0.25) is 5.89 Å². The third-order valence-electron chi connectivity index (χ3n) is 2.36. The second kappa shape index (κ2) is 5.24. The molecule has 0 aromatic carbocycles. The highest BCUT2D eigenvalue weighted by atomic mass is 16.5. The van der Waals surface area contributed by atoms with Crippen molar-refractivity contribution in [1.82, 2.24) is 20.1 Å². The second-order valence-corrected chi connectivity index (χ2v) is 3.46. The molecular weight excluding hydrogens is 220 g/mol. The van der Waals surface area contributed by atoms with Crippen molar-refractivity contribution in [3.8, 4) is 0 Å². The van der Waals surface area contributed by atoms with E-state index in [2.05, 4.69) is 30.7 Å². The summed E-state index contributed by atoms with van der Waals surface area (Å²) < 4.78 is 4.90. The van der Waals surface area contributed by atoms with E-state index < -0.39 is 0 Å². The largest absolute Gasteiger partial charge is 0.373 e. The normalized spacial score (nSPS) is 10.2. The predicted molar refractivity (Wildman–Crippen MR) is 62.8 cm³/mol. The van der Waals surface area contributed by atoms with Gasteiger partial charge in [-0.2, -0.15) is 4.98 Å². The summed E-state index contributed by atoms with van der Waals surface area (Å²) in [5.74, 6) is 2.24. The maximum Gasteiger partial charge on any atom is 0.228 e. The Morgan fingerprint density at radius 3 is 2.71 bits per heavy atom. The van der Waals surface area contributed by atoms with E-state index in [0.29, 0.717) is 18.9 Å². The smallest absolute Gasteiger partial charge is 0.228 e. The number of anilines is 2. The summed E-state index contributed by atoms with van der Waals surface area (Å²) >= 11 is 0. The lowest BCUT2D eigenvalue weighted by molar-refractivity contribution is 0.379. The molecule has 2 heterocycles. The first-order valence-corrected chi connectivity index (χ1v) is 5.30. The van der Waals surface area contributed by atoms with Crippen LogP contribution in [0.2, 0.25) is 0 Å². The van der Waals surface area contributed by atoms with E-state index in [1.165, 1.54) is 12.7 Å². The number of nitrogens with one attached hydrogen (secondary N) is 2. The molecule has 0 aliphatic carbocycles. The molecule has 17 heavy (non-hydrogen) atoms. The molecule has 0 atom stereocenters. The van der Waals surface area contributed by atoms with Crippen LogP contribution in [0.1, 0.15) is 11.5 Å². The molecule has 90 valence electrons. The van der Waals surface area contributed by atoms with Crippen molar-refractivity contribution in [1.29, 1.82) is 0 Å². The van der Waals surface area contributed by atoms with Crippen LogP contribution in [0.3, 0.4) is 0 Å². The zero-order valence-electron chi connectivity index (χ0n) is 9.77. The van der Waals surface area contributed by atoms with E-state index in [-0.39, 0.29) is 0 Å². The fourth-order valence-electron chi connectivity index (χ4n) is 1.47. The number of hydrogen-bond donors (Lipinski definition) is 2. The monoisotopic (exact) mass is 234 g/mol. The summed E-state index contributed by atoms with van der Waals surface area (Å²) in [6.45, 7) is 2.64. The first kappa shape index (κ1) is 11.3. The number of rotatable bonds is 5. The average Bonchev–Trinajstić information content (AvgIpc) is 2.84. The van der Waals surface area contributed by atoms with Gasteiger partial charge in [0.15, 0.2) is 6.33 Å². The topological polar surface area (TPSA) is 88.8 Å². The van der Waals surface area contributed by atoms with Crippen molar-refractivity contribution >= 4 is 11.6 Å². The molecule has 0 fully saturated rings. The maximum atomic E-state index is 4.90. The SMILES string of the molecule is CNc1ncnc(NCCc2ncno2)c1C. The average molecular weight is 234 g/mol. The van der Waals surface area contributed by atoms with Crippen LogP contribution in [-0.2, 0) is 6.42 Å². The van der Waals surface area contributed by atoms with Crippen molar-refractivity contribution in [3.05, 3.63) is 24.1 Å². The first-order chi connectivity index (χ1) is 8.31. The highest BCUT2D eigenvalue weighted by Crippen LogP contribution is 2.17. The highest BCUT2D eigenvalue weighted by molar-refractivity contribution is 5.55. The van der Waals surface area contributed by atoms with Crippen LogP contribution in [0, 0.1) is 6.92 Å². The maximum absolute atomic E-state index is 4.90. The summed E-state index contributed by atoms with van der Waals surface area (Å²) in [6.07, 6.45) is 3.58. The molecule has 0 bridgehead atoms.